The molecule has 6 rings (SSSR count). The van der Waals surface area contributed by atoms with Crippen molar-refractivity contribution in [2.75, 3.05) is 45.4 Å². The Hall–Kier alpha value is -3.12. The van der Waals surface area contributed by atoms with E-state index < -0.39 is 21.9 Å². The van der Waals surface area contributed by atoms with Crippen LogP contribution in [0.25, 0.3) is 0 Å². The van der Waals surface area contributed by atoms with Crippen LogP contribution in [0.2, 0.25) is 5.02 Å². The van der Waals surface area contributed by atoms with E-state index in [1.54, 1.807) is 25.2 Å². The van der Waals surface area contributed by atoms with Crippen LogP contribution in [0, 0.1) is 17.8 Å². The van der Waals surface area contributed by atoms with E-state index in [-0.39, 0.29) is 24.2 Å². The summed E-state index contributed by atoms with van der Waals surface area (Å²) in [5, 5.41) is 2.76. The first-order chi connectivity index (χ1) is 23.2. The molecule has 12 heteroatoms. The lowest BCUT2D eigenvalue weighted by Crippen LogP contribution is -2.59. The third-order valence-corrected chi connectivity index (χ3v) is 11.9. The van der Waals surface area contributed by atoms with Crippen molar-refractivity contribution >= 4 is 39.8 Å². The largest absolute Gasteiger partial charge is 0.491 e. The highest BCUT2D eigenvalue weighted by Crippen LogP contribution is 2.42. The first-order valence-corrected chi connectivity index (χ1v) is 18.5. The molecule has 2 aromatic carbocycles. The van der Waals surface area contributed by atoms with Crippen molar-refractivity contribution in [1.29, 1.82) is 0 Å². The minimum absolute atomic E-state index is 0.0171. The molecule has 3 amide bonds. The number of hydrogen-bond donors (Lipinski definition) is 1. The lowest BCUT2D eigenvalue weighted by molar-refractivity contribution is -0.00798. The third kappa shape index (κ3) is 7.85. The summed E-state index contributed by atoms with van der Waals surface area (Å²) in [6.45, 7) is 4.74. The third-order valence-electron chi connectivity index (χ3n) is 10.3. The highest BCUT2D eigenvalue weighted by molar-refractivity contribution is 7.75. The summed E-state index contributed by atoms with van der Waals surface area (Å²) in [7, 11) is 1.32. The zero-order valence-corrected chi connectivity index (χ0v) is 29.5. The van der Waals surface area contributed by atoms with E-state index >= 15 is 0 Å². The normalized spacial score (nSPS) is 27.9. The number of carbonyl (C=O) groups excluding carboxylic acids is 2. The van der Waals surface area contributed by atoms with Gasteiger partial charge in [0.2, 0.25) is 0 Å². The Morgan fingerprint density at radius 1 is 1.06 bits per heavy atom. The molecule has 0 spiro atoms. The highest BCUT2D eigenvalue weighted by Gasteiger charge is 2.38. The van der Waals surface area contributed by atoms with Crippen molar-refractivity contribution in [3.8, 4) is 5.75 Å². The fourth-order valence-electron chi connectivity index (χ4n) is 7.09. The maximum atomic E-state index is 13.8. The molecule has 10 nitrogen and oxygen atoms in total. The number of hydrogen-bond acceptors (Lipinski definition) is 8. The van der Waals surface area contributed by atoms with Gasteiger partial charge in [-0.15, -0.1) is 0 Å². The van der Waals surface area contributed by atoms with Crippen molar-refractivity contribution in [2.45, 2.75) is 69.6 Å². The number of rotatable bonds is 3. The average Bonchev–Trinajstić information content (AvgIpc) is 3.06. The number of urea groups is 1. The molecule has 3 aliphatic heterocycles. The SMILES string of the molecule is COC1CN(C(=O)NC2[C@@H](C)C/C=C/[C@H](OC)[C@@H]3CC[C@H]3CN3Cc4ccc(Cl)cc4CCCCOc4ccc(cc43)C(=O)N=[S-]2=O)C1. The summed E-state index contributed by atoms with van der Waals surface area (Å²) < 4.78 is 35.6. The predicted octanol–water partition coefficient (Wildman–Crippen LogP) is 6.35. The molecule has 2 bridgehead atoms. The minimum atomic E-state index is -2.04. The summed E-state index contributed by atoms with van der Waals surface area (Å²) in [4.78, 5) is 30.7. The molecule has 1 aliphatic carbocycles. The van der Waals surface area contributed by atoms with Gasteiger partial charge in [0, 0.05) is 37.9 Å². The fourth-order valence-corrected chi connectivity index (χ4v) is 8.37. The number of aryl methyl sites for hydroxylation is 1. The van der Waals surface area contributed by atoms with Crippen molar-refractivity contribution in [3.63, 3.8) is 0 Å². The molecular formula is C36H46ClN4O6S-. The molecule has 2 fully saturated rings. The van der Waals surface area contributed by atoms with Crippen LogP contribution in [0.5, 0.6) is 5.75 Å². The molecule has 0 aromatic heterocycles. The second-order valence-electron chi connectivity index (χ2n) is 13.4. The number of nitrogens with zero attached hydrogens (tertiary/aromatic N) is 3. The monoisotopic (exact) mass is 697 g/mol. The molecular weight excluding hydrogens is 652 g/mol. The number of nitrogens with one attached hydrogen (secondary N) is 1. The summed E-state index contributed by atoms with van der Waals surface area (Å²) >= 11 is 6.45. The molecule has 4 aliphatic rings. The van der Waals surface area contributed by atoms with Crippen molar-refractivity contribution in [1.82, 2.24) is 10.2 Å². The maximum Gasteiger partial charge on any atom is 0.316 e. The fraction of sp³-hybridized carbons (Fsp3) is 0.556. The number of allylic oxidation sites excluding steroid dienone is 1. The van der Waals surface area contributed by atoms with Crippen LogP contribution in [-0.2, 0) is 37.2 Å². The van der Waals surface area contributed by atoms with Crippen LogP contribution in [0.3, 0.4) is 0 Å². The molecule has 260 valence electrons. The van der Waals surface area contributed by atoms with Crippen LogP contribution in [0.4, 0.5) is 10.5 Å². The summed E-state index contributed by atoms with van der Waals surface area (Å²) in [6, 6.07) is 11.1. The smallest absolute Gasteiger partial charge is 0.316 e. The van der Waals surface area contributed by atoms with E-state index in [9.17, 15) is 13.8 Å². The Kier molecular flexibility index (Phi) is 11.3. The molecule has 2 aromatic rings. The molecule has 48 heavy (non-hydrogen) atoms. The predicted molar refractivity (Wildman–Crippen MR) is 187 cm³/mol. The van der Waals surface area contributed by atoms with Crippen LogP contribution in [0.1, 0.15) is 60.5 Å². The maximum absolute atomic E-state index is 13.8. The van der Waals surface area contributed by atoms with Gasteiger partial charge in [0.1, 0.15) is 5.75 Å². The second kappa shape index (κ2) is 15.6. The van der Waals surface area contributed by atoms with Crippen LogP contribution in [-0.4, -0.2) is 74.9 Å². The lowest BCUT2D eigenvalue weighted by atomic mass is 9.70. The van der Waals surface area contributed by atoms with Gasteiger partial charge in [-0.05, 0) is 103 Å². The van der Waals surface area contributed by atoms with Crippen molar-refractivity contribution in [2.24, 2.45) is 22.1 Å². The van der Waals surface area contributed by atoms with Crippen molar-refractivity contribution in [3.05, 3.63) is 70.3 Å². The molecule has 0 radical (unpaired) electrons. The number of amides is 3. The number of carbonyl (C=O) groups is 2. The standard InChI is InChI=1S/C36H46ClN4O6S/c1-23-7-6-9-32(46-3)30-14-11-27(30)20-40-19-26-10-13-28(37)17-24(26)8-4-5-16-47-33-15-12-25(18-31(33)40)34(42)39-48(44)35(23)38-36(43)41-21-29(22-41)45-2/h6,9-10,12-13,15,17-18,23,27,29-30,32,35H,4-5,7-8,11,14,16,19-22H2,1-3H3,(H,38,43)/q-1/b9-6+/t23-,27-,30+,32-,35?/m0/s1. The van der Waals surface area contributed by atoms with Crippen LogP contribution in [0.15, 0.2) is 52.9 Å². The topological polar surface area (TPSA) is 110 Å². The zero-order chi connectivity index (χ0) is 33.8. The van der Waals surface area contributed by atoms with Crippen LogP contribution >= 0.6 is 11.6 Å². The average molecular weight is 698 g/mol. The quantitative estimate of drug-likeness (QED) is 0.294. The van der Waals surface area contributed by atoms with Gasteiger partial charge >= 0.3 is 6.03 Å². The number of benzene rings is 2. The molecule has 5 atom stereocenters. The Labute approximate surface area is 290 Å². The number of likely N-dealkylation sites (tertiary alicyclic amines) is 1. The second-order valence-corrected chi connectivity index (χ2v) is 15.1. The first-order valence-electron chi connectivity index (χ1n) is 17.0. The summed E-state index contributed by atoms with van der Waals surface area (Å²) in [6.07, 6.45) is 9.43. The molecule has 1 saturated heterocycles. The lowest BCUT2D eigenvalue weighted by Gasteiger charge is -2.43. The molecule has 1 N–H and O–H groups in total. The first kappa shape index (κ1) is 34.7. The van der Waals surface area contributed by atoms with Gasteiger partial charge in [-0.2, -0.15) is 10.6 Å². The summed E-state index contributed by atoms with van der Waals surface area (Å²) in [5.74, 6) is 0.500. The van der Waals surface area contributed by atoms with Gasteiger partial charge in [0.05, 0.1) is 37.6 Å². The van der Waals surface area contributed by atoms with E-state index in [0.29, 0.717) is 55.8 Å². The molecule has 1 saturated carbocycles. The van der Waals surface area contributed by atoms with E-state index in [4.69, 9.17) is 25.8 Å². The van der Waals surface area contributed by atoms with Gasteiger partial charge in [-0.25, -0.2) is 4.79 Å². The Bertz CT molecular complexity index is 1610. The van der Waals surface area contributed by atoms with E-state index in [1.165, 1.54) is 11.1 Å². The van der Waals surface area contributed by atoms with Crippen molar-refractivity contribution < 1.29 is 28.0 Å². The van der Waals surface area contributed by atoms with E-state index in [2.05, 4.69) is 32.8 Å². The van der Waals surface area contributed by atoms with E-state index in [1.807, 2.05) is 31.2 Å². The van der Waals surface area contributed by atoms with Gasteiger partial charge in [-0.3, -0.25) is 4.79 Å². The number of methoxy groups -OCH3 is 2. The van der Waals surface area contributed by atoms with Gasteiger partial charge < -0.3 is 37.9 Å². The van der Waals surface area contributed by atoms with Gasteiger partial charge in [-0.1, -0.05) is 36.7 Å². The number of anilines is 1. The van der Waals surface area contributed by atoms with E-state index in [0.717, 1.165) is 49.4 Å². The Balaban J connectivity index is 1.39. The van der Waals surface area contributed by atoms with Gasteiger partial charge in [0.15, 0.2) is 0 Å². The number of ether oxygens (including phenoxy) is 3. The molecule has 3 heterocycles. The summed E-state index contributed by atoms with van der Waals surface area (Å²) in [5.41, 5.74) is 3.53. The molecule has 1 unspecified atom stereocenters. The number of fused-ring (bicyclic) bond motifs is 3. The number of halogens is 1. The Morgan fingerprint density at radius 3 is 2.65 bits per heavy atom. The zero-order valence-electron chi connectivity index (χ0n) is 27.9. The van der Waals surface area contributed by atoms with Crippen LogP contribution < -0.4 is 15.0 Å². The Morgan fingerprint density at radius 2 is 1.90 bits per heavy atom. The highest BCUT2D eigenvalue weighted by atomic mass is 35.5. The minimum Gasteiger partial charge on any atom is -0.491 e. The van der Waals surface area contributed by atoms with Gasteiger partial charge in [0.25, 0.3) is 5.91 Å².